The van der Waals surface area contributed by atoms with E-state index in [1.165, 1.54) is 0 Å². The Morgan fingerprint density at radius 2 is 2.17 bits per heavy atom. The van der Waals surface area contributed by atoms with Gasteiger partial charge in [0.2, 0.25) is 0 Å². The molecule has 0 atom stereocenters. The van der Waals surface area contributed by atoms with Crippen molar-refractivity contribution in [2.75, 3.05) is 11.1 Å². The molecule has 3 rings (SSSR count). The van der Waals surface area contributed by atoms with Gasteiger partial charge in [-0.25, -0.2) is 4.98 Å². The number of hydrogen-bond donors (Lipinski definition) is 2. The second-order valence-corrected chi connectivity index (χ2v) is 4.88. The zero-order valence-electron chi connectivity index (χ0n) is 9.63. The standard InChI is InChI=1S/C13H12N4S/c14-13-10-3-4-15-7-9(10)1-2-11(13)17-8-12-16-5-6-18-12/h1-7,17H,8,14H2. The number of nitrogen functional groups attached to an aromatic ring is 1. The highest BCUT2D eigenvalue weighted by atomic mass is 32.1. The van der Waals surface area contributed by atoms with E-state index in [-0.39, 0.29) is 0 Å². The maximum absolute atomic E-state index is 6.15. The summed E-state index contributed by atoms with van der Waals surface area (Å²) < 4.78 is 0. The van der Waals surface area contributed by atoms with Gasteiger partial charge in [-0.2, -0.15) is 0 Å². The number of anilines is 2. The number of pyridine rings is 1. The molecule has 90 valence electrons. The smallest absolute Gasteiger partial charge is 0.112 e. The summed E-state index contributed by atoms with van der Waals surface area (Å²) in [6.45, 7) is 0.693. The van der Waals surface area contributed by atoms with Crippen molar-refractivity contribution in [1.82, 2.24) is 9.97 Å². The Morgan fingerprint density at radius 3 is 3.00 bits per heavy atom. The predicted octanol–water partition coefficient (Wildman–Crippen LogP) is 2.89. The first kappa shape index (κ1) is 11.0. The lowest BCUT2D eigenvalue weighted by Gasteiger charge is -2.10. The van der Waals surface area contributed by atoms with Gasteiger partial charge in [-0.1, -0.05) is 6.07 Å². The minimum Gasteiger partial charge on any atom is -0.397 e. The van der Waals surface area contributed by atoms with Crippen LogP contribution in [0.5, 0.6) is 0 Å². The molecule has 0 aliphatic carbocycles. The van der Waals surface area contributed by atoms with E-state index in [1.54, 1.807) is 23.7 Å². The quantitative estimate of drug-likeness (QED) is 0.707. The number of aromatic nitrogens is 2. The summed E-state index contributed by atoms with van der Waals surface area (Å²) in [5.74, 6) is 0. The van der Waals surface area contributed by atoms with Crippen molar-refractivity contribution >= 4 is 33.5 Å². The van der Waals surface area contributed by atoms with E-state index in [0.29, 0.717) is 6.54 Å². The Balaban J connectivity index is 1.90. The van der Waals surface area contributed by atoms with Crippen LogP contribution in [-0.2, 0) is 6.54 Å². The Labute approximate surface area is 109 Å². The summed E-state index contributed by atoms with van der Waals surface area (Å²) in [4.78, 5) is 8.31. The fourth-order valence-corrected chi connectivity index (χ4v) is 2.41. The van der Waals surface area contributed by atoms with E-state index in [9.17, 15) is 0 Å². The van der Waals surface area contributed by atoms with E-state index in [2.05, 4.69) is 15.3 Å². The van der Waals surface area contributed by atoms with E-state index in [1.807, 2.05) is 29.8 Å². The fourth-order valence-electron chi connectivity index (χ4n) is 1.86. The molecule has 0 aliphatic rings. The Morgan fingerprint density at radius 1 is 1.22 bits per heavy atom. The third kappa shape index (κ3) is 2.00. The summed E-state index contributed by atoms with van der Waals surface area (Å²) in [5.41, 5.74) is 7.84. The molecule has 0 bridgehead atoms. The summed E-state index contributed by atoms with van der Waals surface area (Å²) in [6.07, 6.45) is 5.37. The third-order valence-corrected chi connectivity index (χ3v) is 3.55. The molecule has 3 N–H and O–H groups in total. The van der Waals surface area contributed by atoms with Gasteiger partial charge in [0.25, 0.3) is 0 Å². The highest BCUT2D eigenvalue weighted by Crippen LogP contribution is 2.28. The number of nitrogens with zero attached hydrogens (tertiary/aromatic N) is 2. The Bertz CT molecular complexity index is 664. The molecule has 0 spiro atoms. The van der Waals surface area contributed by atoms with Crippen LogP contribution in [0.4, 0.5) is 11.4 Å². The molecule has 2 aromatic heterocycles. The average Bonchev–Trinajstić information content (AvgIpc) is 2.91. The molecular formula is C13H12N4S. The summed E-state index contributed by atoms with van der Waals surface area (Å²) in [5, 5.41) is 8.39. The molecule has 0 saturated carbocycles. The normalized spacial score (nSPS) is 10.7. The third-order valence-electron chi connectivity index (χ3n) is 2.78. The van der Waals surface area contributed by atoms with Gasteiger partial charge in [0.1, 0.15) is 5.01 Å². The van der Waals surface area contributed by atoms with Gasteiger partial charge in [-0.15, -0.1) is 11.3 Å². The van der Waals surface area contributed by atoms with Crippen molar-refractivity contribution < 1.29 is 0 Å². The Kier molecular flexibility index (Phi) is 2.82. The van der Waals surface area contributed by atoms with Gasteiger partial charge in [-0.3, -0.25) is 4.98 Å². The topological polar surface area (TPSA) is 63.8 Å². The van der Waals surface area contributed by atoms with Crippen LogP contribution in [0.25, 0.3) is 10.8 Å². The second kappa shape index (κ2) is 4.62. The molecule has 3 aromatic rings. The predicted molar refractivity (Wildman–Crippen MR) is 75.6 cm³/mol. The molecular weight excluding hydrogens is 244 g/mol. The van der Waals surface area contributed by atoms with Crippen LogP contribution in [0.3, 0.4) is 0 Å². The lowest BCUT2D eigenvalue weighted by atomic mass is 10.1. The minimum absolute atomic E-state index is 0.693. The number of rotatable bonds is 3. The number of nitrogens with two attached hydrogens (primary N) is 1. The van der Waals surface area contributed by atoms with Crippen LogP contribution in [0, 0.1) is 0 Å². The van der Waals surface area contributed by atoms with Crippen LogP contribution in [0.2, 0.25) is 0 Å². The van der Waals surface area contributed by atoms with Crippen LogP contribution in [0.1, 0.15) is 5.01 Å². The zero-order chi connectivity index (χ0) is 12.4. The second-order valence-electron chi connectivity index (χ2n) is 3.90. The van der Waals surface area contributed by atoms with Crippen molar-refractivity contribution in [3.8, 4) is 0 Å². The van der Waals surface area contributed by atoms with Gasteiger partial charge in [0.15, 0.2) is 0 Å². The highest BCUT2D eigenvalue weighted by Gasteiger charge is 2.04. The molecule has 18 heavy (non-hydrogen) atoms. The van der Waals surface area contributed by atoms with Crippen molar-refractivity contribution in [1.29, 1.82) is 0 Å². The van der Waals surface area contributed by atoms with Gasteiger partial charge in [0.05, 0.1) is 17.9 Å². The Hall–Kier alpha value is -2.14. The lowest BCUT2D eigenvalue weighted by molar-refractivity contribution is 1.11. The number of thiazole rings is 1. The largest absolute Gasteiger partial charge is 0.397 e. The van der Waals surface area contributed by atoms with Crippen LogP contribution in [0.15, 0.2) is 42.2 Å². The van der Waals surface area contributed by atoms with Crippen molar-refractivity contribution in [2.24, 2.45) is 0 Å². The van der Waals surface area contributed by atoms with Gasteiger partial charge < -0.3 is 11.1 Å². The fraction of sp³-hybridized carbons (Fsp3) is 0.0769. The summed E-state index contributed by atoms with van der Waals surface area (Å²) >= 11 is 1.63. The zero-order valence-corrected chi connectivity index (χ0v) is 10.4. The number of benzene rings is 1. The molecule has 4 nitrogen and oxygen atoms in total. The molecule has 0 amide bonds. The molecule has 1 aromatic carbocycles. The molecule has 0 radical (unpaired) electrons. The number of fused-ring (bicyclic) bond motifs is 1. The molecule has 0 fully saturated rings. The lowest BCUT2D eigenvalue weighted by Crippen LogP contribution is -2.02. The molecule has 0 aliphatic heterocycles. The summed E-state index contributed by atoms with van der Waals surface area (Å²) in [7, 11) is 0. The van der Waals surface area contributed by atoms with Crippen LogP contribution in [-0.4, -0.2) is 9.97 Å². The monoisotopic (exact) mass is 256 g/mol. The van der Waals surface area contributed by atoms with Crippen LogP contribution >= 0.6 is 11.3 Å². The van der Waals surface area contributed by atoms with Gasteiger partial charge >= 0.3 is 0 Å². The van der Waals surface area contributed by atoms with E-state index in [4.69, 9.17) is 5.73 Å². The van der Waals surface area contributed by atoms with Crippen LogP contribution < -0.4 is 11.1 Å². The number of nitrogens with one attached hydrogen (secondary N) is 1. The van der Waals surface area contributed by atoms with Crippen molar-refractivity contribution in [3.63, 3.8) is 0 Å². The molecule has 0 saturated heterocycles. The molecule has 5 heteroatoms. The maximum Gasteiger partial charge on any atom is 0.112 e. The van der Waals surface area contributed by atoms with Gasteiger partial charge in [0, 0.05) is 34.7 Å². The first-order valence-corrected chi connectivity index (χ1v) is 6.47. The van der Waals surface area contributed by atoms with Gasteiger partial charge in [-0.05, 0) is 12.1 Å². The van der Waals surface area contributed by atoms with E-state index < -0.39 is 0 Å². The first-order valence-electron chi connectivity index (χ1n) is 5.59. The first-order chi connectivity index (χ1) is 8.84. The minimum atomic E-state index is 0.693. The van der Waals surface area contributed by atoms with E-state index in [0.717, 1.165) is 27.2 Å². The maximum atomic E-state index is 6.15. The number of hydrogen-bond acceptors (Lipinski definition) is 5. The summed E-state index contributed by atoms with van der Waals surface area (Å²) in [6, 6.07) is 5.93. The van der Waals surface area contributed by atoms with Crippen molar-refractivity contribution in [3.05, 3.63) is 47.2 Å². The average molecular weight is 256 g/mol. The highest BCUT2D eigenvalue weighted by molar-refractivity contribution is 7.09. The van der Waals surface area contributed by atoms with E-state index >= 15 is 0 Å². The van der Waals surface area contributed by atoms with Crippen molar-refractivity contribution in [2.45, 2.75) is 6.54 Å². The SMILES string of the molecule is Nc1c(NCc2nccs2)ccc2cnccc12. The molecule has 2 heterocycles. The molecule has 0 unspecified atom stereocenters.